The summed E-state index contributed by atoms with van der Waals surface area (Å²) in [5.41, 5.74) is 9.63. The summed E-state index contributed by atoms with van der Waals surface area (Å²) in [6, 6.07) is 36.9. The van der Waals surface area contributed by atoms with E-state index in [1.54, 1.807) is 0 Å². The minimum absolute atomic E-state index is 0.281. The predicted molar refractivity (Wildman–Crippen MR) is 171 cm³/mol. The van der Waals surface area contributed by atoms with Crippen LogP contribution in [0.3, 0.4) is 0 Å². The molecule has 5 aromatic rings. The van der Waals surface area contributed by atoms with E-state index < -0.39 is 0 Å². The van der Waals surface area contributed by atoms with Crippen LogP contribution >= 0.6 is 0 Å². The second-order valence-electron chi connectivity index (χ2n) is 11.4. The quantitative estimate of drug-likeness (QED) is 0.174. The van der Waals surface area contributed by atoms with Gasteiger partial charge in [0, 0.05) is 23.4 Å². The number of nitrogens with zero attached hydrogens (tertiary/aromatic N) is 1. The van der Waals surface area contributed by atoms with Gasteiger partial charge in [-0.25, -0.2) is 0 Å². The molecule has 5 aromatic carbocycles. The molecule has 3 atom stereocenters. The number of aliphatic imine (C=N–C) groups is 1. The van der Waals surface area contributed by atoms with Gasteiger partial charge in [0.05, 0.1) is 11.7 Å². The maximum Gasteiger partial charge on any atom is 0.129 e. The van der Waals surface area contributed by atoms with Crippen LogP contribution in [-0.4, -0.2) is 6.21 Å². The average Bonchev–Trinajstić information content (AvgIpc) is 3.50. The molecule has 0 fully saturated rings. The highest BCUT2D eigenvalue weighted by atomic mass is 16.5. The largest absolute Gasteiger partial charge is 0.488 e. The van der Waals surface area contributed by atoms with Crippen molar-refractivity contribution >= 4 is 28.4 Å². The van der Waals surface area contributed by atoms with Gasteiger partial charge in [0.25, 0.3) is 0 Å². The van der Waals surface area contributed by atoms with E-state index in [0.717, 1.165) is 34.4 Å². The molecule has 7 rings (SSSR count). The van der Waals surface area contributed by atoms with Crippen molar-refractivity contribution in [3.8, 4) is 5.75 Å². The lowest BCUT2D eigenvalue weighted by molar-refractivity contribution is 0.306. The van der Waals surface area contributed by atoms with Crippen LogP contribution < -0.4 is 10.1 Å². The minimum Gasteiger partial charge on any atom is -0.488 e. The van der Waals surface area contributed by atoms with E-state index >= 15 is 0 Å². The van der Waals surface area contributed by atoms with Crippen LogP contribution in [0.1, 0.15) is 51.8 Å². The Morgan fingerprint density at radius 2 is 1.66 bits per heavy atom. The SMILES string of the molecule is Cc1ccc(COc2ccc3ccccc3c2C=Nc2ccc([C@@H]3Nc4ccc(C)cc4[C@@H]4C=CC[C@H]43)cc2)cc1. The molecule has 0 amide bonds. The first-order valence-corrected chi connectivity index (χ1v) is 14.5. The lowest BCUT2D eigenvalue weighted by atomic mass is 9.76. The summed E-state index contributed by atoms with van der Waals surface area (Å²) in [4.78, 5) is 4.91. The number of nitrogens with one attached hydrogen (secondary N) is 1. The number of aryl methyl sites for hydroxylation is 2. The zero-order valence-corrected chi connectivity index (χ0v) is 23.5. The van der Waals surface area contributed by atoms with Gasteiger partial charge in [-0.2, -0.15) is 0 Å². The van der Waals surface area contributed by atoms with Crippen molar-refractivity contribution < 1.29 is 4.74 Å². The number of hydrogen-bond acceptors (Lipinski definition) is 3. The molecule has 0 bridgehead atoms. The van der Waals surface area contributed by atoms with Gasteiger partial charge in [0.1, 0.15) is 12.4 Å². The zero-order chi connectivity index (χ0) is 27.8. The van der Waals surface area contributed by atoms with Crippen LogP contribution in [0, 0.1) is 19.8 Å². The Hall–Kier alpha value is -4.63. The van der Waals surface area contributed by atoms with Crippen molar-refractivity contribution in [1.29, 1.82) is 0 Å². The third-order valence-corrected chi connectivity index (χ3v) is 8.56. The minimum atomic E-state index is 0.281. The number of hydrogen-bond donors (Lipinski definition) is 1. The van der Waals surface area contributed by atoms with Crippen molar-refractivity contribution in [1.82, 2.24) is 0 Å². The molecule has 3 nitrogen and oxygen atoms in total. The molecule has 2 aliphatic rings. The summed E-state index contributed by atoms with van der Waals surface area (Å²) < 4.78 is 6.33. The van der Waals surface area contributed by atoms with Gasteiger partial charge < -0.3 is 10.1 Å². The summed E-state index contributed by atoms with van der Waals surface area (Å²) in [7, 11) is 0. The van der Waals surface area contributed by atoms with E-state index in [-0.39, 0.29) is 6.04 Å². The van der Waals surface area contributed by atoms with E-state index in [2.05, 4.69) is 134 Å². The van der Waals surface area contributed by atoms with Crippen molar-refractivity contribution in [3.63, 3.8) is 0 Å². The van der Waals surface area contributed by atoms with Gasteiger partial charge in [-0.05, 0) is 77.9 Å². The fraction of sp³-hybridized carbons (Fsp3) is 0.184. The summed E-state index contributed by atoms with van der Waals surface area (Å²) >= 11 is 0. The fourth-order valence-electron chi connectivity index (χ4n) is 6.33. The molecule has 1 N–H and O–H groups in total. The Kier molecular flexibility index (Phi) is 6.64. The molecule has 202 valence electrons. The highest BCUT2D eigenvalue weighted by molar-refractivity contribution is 6.03. The molecular formula is C38H34N2O. The van der Waals surface area contributed by atoms with Gasteiger partial charge >= 0.3 is 0 Å². The van der Waals surface area contributed by atoms with E-state index in [9.17, 15) is 0 Å². The molecule has 41 heavy (non-hydrogen) atoms. The lowest BCUT2D eigenvalue weighted by Crippen LogP contribution is -2.29. The standard InChI is InChI=1S/C38H34N2O/c1-25-10-13-27(14-11-25)24-41-37-21-17-28-6-3-4-7-31(28)35(37)23-39-30-18-15-29(16-19-30)38-33-9-5-8-32(33)34-22-26(2)12-20-36(34)40-38/h3-8,10-23,32-33,38,40H,9,24H2,1-2H3/t32-,33-,38+/m1/s1. The first-order valence-electron chi connectivity index (χ1n) is 14.5. The molecule has 1 aliphatic carbocycles. The van der Waals surface area contributed by atoms with E-state index in [1.165, 1.54) is 33.3 Å². The van der Waals surface area contributed by atoms with Crippen LogP contribution in [0.25, 0.3) is 10.8 Å². The maximum absolute atomic E-state index is 6.33. The summed E-state index contributed by atoms with van der Waals surface area (Å²) in [5.74, 6) is 1.84. The van der Waals surface area contributed by atoms with E-state index in [4.69, 9.17) is 9.73 Å². The number of rotatable bonds is 6. The molecule has 1 aliphatic heterocycles. The number of allylic oxidation sites excluding steroid dienone is 2. The fourth-order valence-corrected chi connectivity index (χ4v) is 6.33. The second kappa shape index (κ2) is 10.7. The highest BCUT2D eigenvalue weighted by Crippen LogP contribution is 2.50. The van der Waals surface area contributed by atoms with Crippen molar-refractivity contribution in [2.24, 2.45) is 10.9 Å². The molecule has 0 radical (unpaired) electrons. The van der Waals surface area contributed by atoms with E-state index in [1.807, 2.05) is 6.21 Å². The Balaban J connectivity index is 1.15. The molecule has 0 spiro atoms. The average molecular weight is 535 g/mol. The smallest absolute Gasteiger partial charge is 0.129 e. The number of anilines is 1. The Bertz CT molecular complexity index is 1770. The van der Waals surface area contributed by atoms with Crippen LogP contribution in [0.15, 0.2) is 120 Å². The Morgan fingerprint density at radius 1 is 0.854 bits per heavy atom. The number of ether oxygens (including phenoxy) is 1. The Morgan fingerprint density at radius 3 is 2.51 bits per heavy atom. The summed E-state index contributed by atoms with van der Waals surface area (Å²) in [5, 5.41) is 6.16. The molecular weight excluding hydrogens is 500 g/mol. The molecule has 3 heteroatoms. The molecule has 1 heterocycles. The molecule has 0 saturated heterocycles. The van der Waals surface area contributed by atoms with Crippen LogP contribution in [0.4, 0.5) is 11.4 Å². The normalized spacial score (nSPS) is 19.2. The van der Waals surface area contributed by atoms with Gasteiger partial charge in [-0.1, -0.05) is 102 Å². The molecule has 0 aromatic heterocycles. The Labute approximate surface area is 242 Å². The van der Waals surface area contributed by atoms with Crippen LogP contribution in [0.2, 0.25) is 0 Å². The van der Waals surface area contributed by atoms with Gasteiger partial charge in [-0.3, -0.25) is 4.99 Å². The lowest BCUT2D eigenvalue weighted by Gasteiger charge is -2.37. The second-order valence-corrected chi connectivity index (χ2v) is 11.4. The van der Waals surface area contributed by atoms with Gasteiger partial charge in [0.2, 0.25) is 0 Å². The highest BCUT2D eigenvalue weighted by Gasteiger charge is 2.37. The van der Waals surface area contributed by atoms with Crippen molar-refractivity contribution in [2.45, 2.75) is 38.8 Å². The third kappa shape index (κ3) is 5.04. The van der Waals surface area contributed by atoms with Crippen molar-refractivity contribution in [3.05, 3.63) is 149 Å². The zero-order valence-electron chi connectivity index (χ0n) is 23.5. The number of benzene rings is 5. The van der Waals surface area contributed by atoms with Crippen LogP contribution in [-0.2, 0) is 6.61 Å². The molecule has 0 saturated carbocycles. The first kappa shape index (κ1) is 25.3. The van der Waals surface area contributed by atoms with Crippen LogP contribution in [0.5, 0.6) is 5.75 Å². The maximum atomic E-state index is 6.33. The van der Waals surface area contributed by atoms with E-state index in [0.29, 0.717) is 18.4 Å². The summed E-state index contributed by atoms with van der Waals surface area (Å²) in [6.07, 6.45) is 7.80. The number of fused-ring (bicyclic) bond motifs is 4. The molecule has 0 unspecified atom stereocenters. The first-order chi connectivity index (χ1) is 20.1. The topological polar surface area (TPSA) is 33.6 Å². The monoisotopic (exact) mass is 534 g/mol. The third-order valence-electron chi connectivity index (χ3n) is 8.56. The summed E-state index contributed by atoms with van der Waals surface area (Å²) in [6.45, 7) is 4.79. The predicted octanol–water partition coefficient (Wildman–Crippen LogP) is 9.61. The van der Waals surface area contributed by atoms with Crippen molar-refractivity contribution in [2.75, 3.05) is 5.32 Å². The van der Waals surface area contributed by atoms with Gasteiger partial charge in [-0.15, -0.1) is 0 Å². The van der Waals surface area contributed by atoms with Gasteiger partial charge in [0.15, 0.2) is 0 Å².